The lowest BCUT2D eigenvalue weighted by molar-refractivity contribution is 0.506. The van der Waals surface area contributed by atoms with Crippen molar-refractivity contribution in [2.75, 3.05) is 0 Å². The Morgan fingerprint density at radius 2 is 1.76 bits per heavy atom. The number of hydrogen-bond acceptors (Lipinski definition) is 3. The number of hydrogen-bond donors (Lipinski definition) is 1. The van der Waals surface area contributed by atoms with Crippen molar-refractivity contribution in [2.45, 2.75) is 6.04 Å². The number of aromatic nitrogens is 1. The Hall–Kier alpha value is -2.47. The van der Waals surface area contributed by atoms with Gasteiger partial charge in [0.25, 0.3) is 0 Å². The number of aryl methyl sites for hydroxylation is 1. The third kappa shape index (κ3) is 2.23. The third-order valence-electron chi connectivity index (χ3n) is 3.48. The van der Waals surface area contributed by atoms with E-state index in [1.807, 2.05) is 0 Å². The SMILES string of the molecule is Cn1c(=O)oc2cc(C(N)c3ccc(F)c(F)c3)ccc21. The predicted octanol–water partition coefficient (Wildman–Crippen LogP) is 2.46. The molecule has 2 N–H and O–H groups in total. The summed E-state index contributed by atoms with van der Waals surface area (Å²) in [6.45, 7) is 0. The fourth-order valence-corrected chi connectivity index (χ4v) is 2.24. The van der Waals surface area contributed by atoms with Crippen LogP contribution in [-0.4, -0.2) is 4.57 Å². The van der Waals surface area contributed by atoms with Crippen molar-refractivity contribution in [2.24, 2.45) is 12.8 Å². The summed E-state index contributed by atoms with van der Waals surface area (Å²) in [7, 11) is 1.60. The summed E-state index contributed by atoms with van der Waals surface area (Å²) in [6.07, 6.45) is 0. The van der Waals surface area contributed by atoms with Crippen molar-refractivity contribution in [3.63, 3.8) is 0 Å². The first-order chi connectivity index (χ1) is 9.97. The zero-order chi connectivity index (χ0) is 15.1. The van der Waals surface area contributed by atoms with Gasteiger partial charge in [0.15, 0.2) is 17.2 Å². The zero-order valence-electron chi connectivity index (χ0n) is 11.1. The van der Waals surface area contributed by atoms with Gasteiger partial charge >= 0.3 is 5.76 Å². The van der Waals surface area contributed by atoms with E-state index in [4.69, 9.17) is 10.2 Å². The van der Waals surface area contributed by atoms with Crippen LogP contribution in [0, 0.1) is 11.6 Å². The predicted molar refractivity (Wildman–Crippen MR) is 73.8 cm³/mol. The fourth-order valence-electron chi connectivity index (χ4n) is 2.24. The second-order valence-electron chi connectivity index (χ2n) is 4.81. The number of benzene rings is 2. The molecule has 1 atom stereocenters. The lowest BCUT2D eigenvalue weighted by atomic mass is 9.99. The van der Waals surface area contributed by atoms with Gasteiger partial charge in [-0.05, 0) is 35.4 Å². The maximum Gasteiger partial charge on any atom is 0.419 e. The van der Waals surface area contributed by atoms with Crippen LogP contribution in [0.25, 0.3) is 11.1 Å². The first-order valence-electron chi connectivity index (χ1n) is 6.27. The van der Waals surface area contributed by atoms with Crippen LogP contribution in [0.15, 0.2) is 45.6 Å². The summed E-state index contributed by atoms with van der Waals surface area (Å²) in [5.74, 6) is -2.34. The van der Waals surface area contributed by atoms with Gasteiger partial charge in [-0.15, -0.1) is 0 Å². The average molecular weight is 290 g/mol. The van der Waals surface area contributed by atoms with E-state index in [1.54, 1.807) is 25.2 Å². The largest absolute Gasteiger partial charge is 0.419 e. The number of fused-ring (bicyclic) bond motifs is 1. The first kappa shape index (κ1) is 13.5. The molecule has 0 saturated carbocycles. The van der Waals surface area contributed by atoms with Crippen LogP contribution in [0.3, 0.4) is 0 Å². The van der Waals surface area contributed by atoms with E-state index in [0.717, 1.165) is 12.1 Å². The number of rotatable bonds is 2. The van der Waals surface area contributed by atoms with Crippen LogP contribution in [0.2, 0.25) is 0 Å². The Morgan fingerprint density at radius 1 is 1.10 bits per heavy atom. The number of halogens is 2. The van der Waals surface area contributed by atoms with Gasteiger partial charge in [0.1, 0.15) is 0 Å². The second-order valence-corrected chi connectivity index (χ2v) is 4.81. The highest BCUT2D eigenvalue weighted by atomic mass is 19.2. The molecule has 0 radical (unpaired) electrons. The van der Waals surface area contributed by atoms with E-state index >= 15 is 0 Å². The van der Waals surface area contributed by atoms with Crippen LogP contribution >= 0.6 is 0 Å². The molecule has 3 aromatic rings. The van der Waals surface area contributed by atoms with E-state index in [9.17, 15) is 13.6 Å². The Labute approximate surface area is 118 Å². The van der Waals surface area contributed by atoms with Crippen molar-refractivity contribution in [3.8, 4) is 0 Å². The molecule has 21 heavy (non-hydrogen) atoms. The molecule has 0 fully saturated rings. The molecule has 4 nitrogen and oxygen atoms in total. The van der Waals surface area contributed by atoms with Gasteiger partial charge in [0.2, 0.25) is 0 Å². The number of nitrogens with two attached hydrogens (primary N) is 1. The molecule has 6 heteroatoms. The van der Waals surface area contributed by atoms with Crippen molar-refractivity contribution >= 4 is 11.1 Å². The van der Waals surface area contributed by atoms with Crippen LogP contribution in [0.1, 0.15) is 17.2 Å². The van der Waals surface area contributed by atoms with Gasteiger partial charge in [-0.2, -0.15) is 0 Å². The minimum atomic E-state index is -0.949. The van der Waals surface area contributed by atoms with Gasteiger partial charge in [-0.1, -0.05) is 12.1 Å². The molecule has 108 valence electrons. The summed E-state index contributed by atoms with van der Waals surface area (Å²) < 4.78 is 32.7. The normalized spacial score (nSPS) is 12.8. The summed E-state index contributed by atoms with van der Waals surface area (Å²) >= 11 is 0. The third-order valence-corrected chi connectivity index (χ3v) is 3.48. The van der Waals surface area contributed by atoms with Crippen LogP contribution in [0.4, 0.5) is 8.78 Å². The lowest BCUT2D eigenvalue weighted by Crippen LogP contribution is -2.12. The summed E-state index contributed by atoms with van der Waals surface area (Å²) in [6, 6.07) is 7.93. The van der Waals surface area contributed by atoms with E-state index in [0.29, 0.717) is 22.2 Å². The fraction of sp³-hybridized carbons (Fsp3) is 0.133. The van der Waals surface area contributed by atoms with E-state index in [-0.39, 0.29) is 0 Å². The molecule has 1 heterocycles. The molecule has 0 bridgehead atoms. The van der Waals surface area contributed by atoms with Gasteiger partial charge in [-0.3, -0.25) is 4.57 Å². The molecule has 0 aliphatic rings. The van der Waals surface area contributed by atoms with Crippen molar-refractivity contribution in [1.82, 2.24) is 4.57 Å². The number of oxazole rings is 1. The lowest BCUT2D eigenvalue weighted by Gasteiger charge is -2.12. The van der Waals surface area contributed by atoms with E-state index in [2.05, 4.69) is 0 Å². The molecule has 0 aliphatic carbocycles. The van der Waals surface area contributed by atoms with Crippen LogP contribution in [0.5, 0.6) is 0 Å². The van der Waals surface area contributed by atoms with Gasteiger partial charge < -0.3 is 10.2 Å². The van der Waals surface area contributed by atoms with Crippen molar-refractivity contribution < 1.29 is 13.2 Å². The molecular weight excluding hydrogens is 278 g/mol. The van der Waals surface area contributed by atoms with Crippen LogP contribution < -0.4 is 11.5 Å². The topological polar surface area (TPSA) is 61.2 Å². The Balaban J connectivity index is 2.06. The molecule has 3 rings (SSSR count). The van der Waals surface area contributed by atoms with Crippen molar-refractivity contribution in [1.29, 1.82) is 0 Å². The Kier molecular flexibility index (Phi) is 3.10. The summed E-state index contributed by atoms with van der Waals surface area (Å²) in [4.78, 5) is 11.4. The molecule has 0 spiro atoms. The highest BCUT2D eigenvalue weighted by Crippen LogP contribution is 2.24. The molecule has 1 aromatic heterocycles. The Bertz CT molecular complexity index is 883. The van der Waals surface area contributed by atoms with E-state index in [1.165, 1.54) is 10.6 Å². The summed E-state index contributed by atoms with van der Waals surface area (Å²) in [5.41, 5.74) is 8.17. The summed E-state index contributed by atoms with van der Waals surface area (Å²) in [5, 5.41) is 0. The van der Waals surface area contributed by atoms with Gasteiger partial charge in [0, 0.05) is 7.05 Å². The van der Waals surface area contributed by atoms with Gasteiger partial charge in [-0.25, -0.2) is 13.6 Å². The highest BCUT2D eigenvalue weighted by molar-refractivity contribution is 5.74. The smallest absolute Gasteiger partial charge is 0.408 e. The van der Waals surface area contributed by atoms with Crippen molar-refractivity contribution in [3.05, 3.63) is 69.7 Å². The average Bonchev–Trinajstić information content (AvgIpc) is 2.76. The number of nitrogens with zero attached hydrogens (tertiary/aromatic N) is 1. The molecule has 0 aliphatic heterocycles. The molecule has 0 amide bonds. The molecular formula is C15H12F2N2O2. The maximum atomic E-state index is 13.3. The maximum absolute atomic E-state index is 13.3. The minimum Gasteiger partial charge on any atom is -0.408 e. The monoisotopic (exact) mass is 290 g/mol. The highest BCUT2D eigenvalue weighted by Gasteiger charge is 2.14. The first-order valence-corrected chi connectivity index (χ1v) is 6.27. The zero-order valence-corrected chi connectivity index (χ0v) is 11.1. The quantitative estimate of drug-likeness (QED) is 0.788. The van der Waals surface area contributed by atoms with Crippen LogP contribution in [-0.2, 0) is 7.05 Å². The van der Waals surface area contributed by atoms with E-state index < -0.39 is 23.4 Å². The second kappa shape index (κ2) is 4.82. The Morgan fingerprint density at radius 3 is 2.48 bits per heavy atom. The minimum absolute atomic E-state index is 0.401. The van der Waals surface area contributed by atoms with Gasteiger partial charge in [0.05, 0.1) is 11.6 Å². The molecule has 2 aromatic carbocycles. The molecule has 1 unspecified atom stereocenters. The standard InChI is InChI=1S/C15H12F2N2O2/c1-19-12-5-3-9(7-13(12)21-15(19)20)14(18)8-2-4-10(16)11(17)6-8/h2-7,14H,18H2,1H3. The molecule has 0 saturated heterocycles.